The first-order valence-corrected chi connectivity index (χ1v) is 17.2. The van der Waals surface area contributed by atoms with Gasteiger partial charge < -0.3 is 18.9 Å². The largest absolute Gasteiger partial charge is 0.494 e. The highest BCUT2D eigenvalue weighted by atomic mass is 16.5. The lowest BCUT2D eigenvalue weighted by atomic mass is 10.1. The van der Waals surface area contributed by atoms with Crippen LogP contribution in [0.15, 0.2) is 99.3 Å². The van der Waals surface area contributed by atoms with Crippen LogP contribution in [0.4, 0.5) is 22.7 Å². The number of ether oxygens (including phenoxy) is 4. The third-order valence-corrected chi connectivity index (χ3v) is 7.74. The summed E-state index contributed by atoms with van der Waals surface area (Å²) >= 11 is 0. The molecule has 0 heterocycles. The zero-order valence-corrected chi connectivity index (χ0v) is 29.6. The Balaban J connectivity index is 1.53. The maximum absolute atomic E-state index is 6.22. The summed E-state index contributed by atoms with van der Waals surface area (Å²) in [5.41, 5.74) is 4.62. The van der Waals surface area contributed by atoms with E-state index in [4.69, 9.17) is 25.4 Å². The van der Waals surface area contributed by atoms with Gasteiger partial charge in [0.2, 0.25) is 0 Å². The van der Waals surface area contributed by atoms with Crippen molar-refractivity contribution in [3.05, 3.63) is 95.6 Å². The van der Waals surface area contributed by atoms with Crippen LogP contribution in [0.25, 0.3) is 0 Å². The molecule has 258 valence electrons. The highest BCUT2D eigenvalue weighted by molar-refractivity contribution is 5.64. The minimum Gasteiger partial charge on any atom is -0.494 e. The van der Waals surface area contributed by atoms with Gasteiger partial charge in [0.15, 0.2) is 0 Å². The molecule has 0 N–H and O–H groups in total. The molecule has 4 aromatic carbocycles. The SMILES string of the molecule is C#Cc1cc(OC)c(N=Nc2ccc(C#Cc3cc(OC)c(N=Nc4ccccc4)cc3OCCCCCC)cc2)cc1OCCCCCC. The van der Waals surface area contributed by atoms with Crippen molar-refractivity contribution < 1.29 is 18.9 Å². The average Bonchev–Trinajstić information content (AvgIpc) is 3.16. The first-order valence-electron chi connectivity index (χ1n) is 17.2. The number of hydrogen-bond acceptors (Lipinski definition) is 8. The van der Waals surface area contributed by atoms with E-state index in [-0.39, 0.29) is 0 Å². The summed E-state index contributed by atoms with van der Waals surface area (Å²) in [6.07, 6.45) is 14.6. The summed E-state index contributed by atoms with van der Waals surface area (Å²) in [4.78, 5) is 0. The first kappa shape index (κ1) is 37.2. The van der Waals surface area contributed by atoms with Gasteiger partial charge in [-0.2, -0.15) is 10.2 Å². The first-order chi connectivity index (χ1) is 24.6. The molecule has 4 aromatic rings. The number of rotatable bonds is 18. The monoisotopic (exact) mass is 670 g/mol. The second-order valence-electron chi connectivity index (χ2n) is 11.5. The third kappa shape index (κ3) is 11.5. The molecule has 0 aliphatic heterocycles. The molecule has 0 aliphatic carbocycles. The Kier molecular flexibility index (Phi) is 15.4. The van der Waals surface area contributed by atoms with E-state index in [1.165, 1.54) is 12.8 Å². The number of methoxy groups -OCH3 is 2. The van der Waals surface area contributed by atoms with Crippen LogP contribution in [0.2, 0.25) is 0 Å². The topological polar surface area (TPSA) is 86.4 Å². The highest BCUT2D eigenvalue weighted by Gasteiger charge is 2.13. The van der Waals surface area contributed by atoms with Crippen LogP contribution in [0, 0.1) is 24.2 Å². The summed E-state index contributed by atoms with van der Waals surface area (Å²) in [5.74, 6) is 11.5. The van der Waals surface area contributed by atoms with Crippen LogP contribution in [0.3, 0.4) is 0 Å². The van der Waals surface area contributed by atoms with Gasteiger partial charge in [-0.15, -0.1) is 16.7 Å². The smallest absolute Gasteiger partial charge is 0.147 e. The fourth-order valence-corrected chi connectivity index (χ4v) is 4.92. The highest BCUT2D eigenvalue weighted by Crippen LogP contribution is 2.37. The molecule has 0 amide bonds. The third-order valence-electron chi connectivity index (χ3n) is 7.74. The molecular formula is C42H46N4O4. The van der Waals surface area contributed by atoms with Gasteiger partial charge in [0.05, 0.1) is 49.9 Å². The number of azo groups is 2. The minimum absolute atomic E-state index is 0.522. The van der Waals surface area contributed by atoms with Crippen molar-refractivity contribution in [3.8, 4) is 47.2 Å². The van der Waals surface area contributed by atoms with Gasteiger partial charge in [-0.05, 0) is 49.2 Å². The Morgan fingerprint density at radius 1 is 0.540 bits per heavy atom. The summed E-state index contributed by atoms with van der Waals surface area (Å²) in [5, 5.41) is 17.7. The standard InChI is InChI=1S/C42H46N4O4/c1-6-9-11-16-26-49-39-30-37(41(47-4)28-33(39)8-3)46-44-36-24-21-32(22-25-36)20-23-34-29-42(48-5)38(45-43-35-18-14-13-15-19-35)31-40(34)50-27-17-12-10-7-2/h3,13-15,18-19,21-22,24-25,28-31H,6-7,9-12,16-17,26-27H2,1-2,4-5H3. The van der Waals surface area contributed by atoms with Gasteiger partial charge >= 0.3 is 0 Å². The van der Waals surface area contributed by atoms with Crippen molar-refractivity contribution in [1.82, 2.24) is 0 Å². The second-order valence-corrected chi connectivity index (χ2v) is 11.5. The van der Waals surface area contributed by atoms with E-state index in [1.54, 1.807) is 26.4 Å². The molecule has 0 aromatic heterocycles. The second kappa shape index (κ2) is 20.7. The van der Waals surface area contributed by atoms with Crippen LogP contribution in [-0.2, 0) is 0 Å². The lowest BCUT2D eigenvalue weighted by Gasteiger charge is -2.12. The lowest BCUT2D eigenvalue weighted by molar-refractivity contribution is 0.303. The molecule has 8 heteroatoms. The summed E-state index contributed by atoms with van der Waals surface area (Å²) in [6, 6.07) is 24.3. The zero-order chi connectivity index (χ0) is 35.4. The van der Waals surface area contributed by atoms with Crippen LogP contribution in [0.5, 0.6) is 23.0 Å². The summed E-state index contributed by atoms with van der Waals surface area (Å²) in [7, 11) is 3.18. The van der Waals surface area contributed by atoms with Crippen molar-refractivity contribution in [2.45, 2.75) is 65.2 Å². The van der Waals surface area contributed by atoms with E-state index in [0.29, 0.717) is 64.4 Å². The van der Waals surface area contributed by atoms with E-state index >= 15 is 0 Å². The van der Waals surface area contributed by atoms with E-state index in [0.717, 1.165) is 49.8 Å². The summed E-state index contributed by atoms with van der Waals surface area (Å²) in [6.45, 7) is 5.54. The predicted octanol–water partition coefficient (Wildman–Crippen LogP) is 11.8. The van der Waals surface area contributed by atoms with Gasteiger partial charge in [0.1, 0.15) is 34.4 Å². The Morgan fingerprint density at radius 3 is 1.58 bits per heavy atom. The Bertz CT molecular complexity index is 1820. The van der Waals surface area contributed by atoms with Crippen LogP contribution >= 0.6 is 0 Å². The van der Waals surface area contributed by atoms with Crippen molar-refractivity contribution in [2.75, 3.05) is 27.4 Å². The predicted molar refractivity (Wildman–Crippen MR) is 200 cm³/mol. The molecule has 0 radical (unpaired) electrons. The van der Waals surface area contributed by atoms with Crippen molar-refractivity contribution >= 4 is 22.7 Å². The van der Waals surface area contributed by atoms with E-state index in [2.05, 4.69) is 52.1 Å². The Morgan fingerprint density at radius 2 is 1.06 bits per heavy atom. The molecule has 0 bridgehead atoms. The van der Waals surface area contributed by atoms with Gasteiger partial charge in [-0.1, -0.05) is 88.3 Å². The van der Waals surface area contributed by atoms with E-state index in [1.807, 2.05) is 66.7 Å². The molecule has 0 saturated carbocycles. The van der Waals surface area contributed by atoms with E-state index < -0.39 is 0 Å². The molecule has 0 aliphatic rings. The maximum atomic E-state index is 6.22. The van der Waals surface area contributed by atoms with Gasteiger partial charge in [-0.3, -0.25) is 0 Å². The maximum Gasteiger partial charge on any atom is 0.147 e. The van der Waals surface area contributed by atoms with Gasteiger partial charge in [0.25, 0.3) is 0 Å². The zero-order valence-electron chi connectivity index (χ0n) is 29.6. The molecule has 0 fully saturated rings. The molecule has 0 spiro atoms. The number of terminal acetylenes is 1. The molecule has 0 atom stereocenters. The minimum atomic E-state index is 0.522. The quantitative estimate of drug-likeness (QED) is 0.0599. The molecule has 8 nitrogen and oxygen atoms in total. The van der Waals surface area contributed by atoms with E-state index in [9.17, 15) is 0 Å². The average molecular weight is 671 g/mol. The van der Waals surface area contributed by atoms with Crippen LogP contribution in [0.1, 0.15) is 81.9 Å². The van der Waals surface area contributed by atoms with Crippen molar-refractivity contribution in [3.63, 3.8) is 0 Å². The Labute approximate surface area is 297 Å². The van der Waals surface area contributed by atoms with Gasteiger partial charge in [-0.25, -0.2) is 0 Å². The van der Waals surface area contributed by atoms with Crippen LogP contribution < -0.4 is 18.9 Å². The fourth-order valence-electron chi connectivity index (χ4n) is 4.92. The van der Waals surface area contributed by atoms with Crippen molar-refractivity contribution in [1.29, 1.82) is 0 Å². The molecular weight excluding hydrogens is 624 g/mol. The number of hydrogen-bond donors (Lipinski definition) is 0. The normalized spacial score (nSPS) is 10.9. The molecule has 0 unspecified atom stereocenters. The lowest BCUT2D eigenvalue weighted by Crippen LogP contribution is -2.00. The number of benzene rings is 4. The molecule has 50 heavy (non-hydrogen) atoms. The van der Waals surface area contributed by atoms with Crippen LogP contribution in [-0.4, -0.2) is 27.4 Å². The van der Waals surface area contributed by atoms with Crippen molar-refractivity contribution in [2.24, 2.45) is 20.5 Å². The number of unbranched alkanes of at least 4 members (excludes halogenated alkanes) is 6. The Hall–Kier alpha value is -5.60. The van der Waals surface area contributed by atoms with Gasteiger partial charge in [0, 0.05) is 29.8 Å². The molecule has 4 rings (SSSR count). The molecule has 0 saturated heterocycles. The number of nitrogens with zero attached hydrogens (tertiary/aromatic N) is 4. The fraction of sp³-hybridized carbons (Fsp3) is 0.333. The summed E-state index contributed by atoms with van der Waals surface area (Å²) < 4.78 is 23.4.